The zero-order chi connectivity index (χ0) is 12.9. The van der Waals surface area contributed by atoms with Crippen molar-refractivity contribution >= 4 is 0 Å². The van der Waals surface area contributed by atoms with E-state index in [0.29, 0.717) is 0 Å². The first-order chi connectivity index (χ1) is 9.47. The Kier molecular flexibility index (Phi) is 6.36. The van der Waals surface area contributed by atoms with Gasteiger partial charge in [0, 0.05) is 19.5 Å². The quantitative estimate of drug-likeness (QED) is 0.400. The number of rotatable bonds is 0. The summed E-state index contributed by atoms with van der Waals surface area (Å²) in [6.07, 6.45) is 14.4. The number of hydrogen-bond acceptors (Lipinski definition) is 0. The molecule has 1 heteroatoms. The molecule has 0 aliphatic heterocycles. The molecule has 0 heterocycles. The van der Waals surface area contributed by atoms with Crippen molar-refractivity contribution in [3.8, 4) is 0 Å². The molecule has 0 aromatic heterocycles. The van der Waals surface area contributed by atoms with E-state index in [1.165, 1.54) is 64.2 Å². The second-order valence-electron chi connectivity index (χ2n) is 6.00. The van der Waals surface area contributed by atoms with E-state index in [4.69, 9.17) is 0 Å². The van der Waals surface area contributed by atoms with Crippen molar-refractivity contribution in [2.45, 2.75) is 64.2 Å². The molecular formula is C19H25Rh-. The molecule has 0 N–H and O–H groups in total. The Balaban J connectivity index is 0.000000210. The van der Waals surface area contributed by atoms with Crippen LogP contribution in [-0.4, -0.2) is 0 Å². The zero-order valence-electron chi connectivity index (χ0n) is 12.3. The molecular weight excluding hydrogens is 331 g/mol. The third-order valence-electron chi connectivity index (χ3n) is 4.72. The van der Waals surface area contributed by atoms with Crippen molar-refractivity contribution < 1.29 is 19.5 Å². The summed E-state index contributed by atoms with van der Waals surface area (Å²) in [7, 11) is 0. The standard InChI is InChI=1S/C14H20.C5H5.Rh/c1-3-7-11-12(8-4-1)14-10-6-2-5-9-13(11)14;1-2-4-5-3-1;/h1-10H2;1-5H;/q;-1;. The van der Waals surface area contributed by atoms with Gasteiger partial charge in [-0.3, -0.25) is 0 Å². The monoisotopic (exact) mass is 356 g/mol. The minimum Gasteiger partial charge on any atom is -0.214 e. The molecule has 0 atom stereocenters. The van der Waals surface area contributed by atoms with Gasteiger partial charge in [-0.1, -0.05) is 12.8 Å². The van der Waals surface area contributed by atoms with Crippen LogP contribution in [0.1, 0.15) is 64.2 Å². The van der Waals surface area contributed by atoms with Crippen LogP contribution in [0.3, 0.4) is 0 Å². The molecule has 0 unspecified atom stereocenters. The summed E-state index contributed by atoms with van der Waals surface area (Å²) in [5.41, 5.74) is 7.28. The van der Waals surface area contributed by atoms with Crippen molar-refractivity contribution in [1.82, 2.24) is 0 Å². The van der Waals surface area contributed by atoms with E-state index in [1.54, 1.807) is 0 Å². The minimum atomic E-state index is 0. The molecule has 3 aliphatic carbocycles. The molecule has 0 bridgehead atoms. The summed E-state index contributed by atoms with van der Waals surface area (Å²) >= 11 is 0. The van der Waals surface area contributed by atoms with Crippen LogP contribution < -0.4 is 0 Å². The second-order valence-corrected chi connectivity index (χ2v) is 6.00. The fourth-order valence-corrected chi connectivity index (χ4v) is 3.75. The van der Waals surface area contributed by atoms with E-state index in [0.717, 1.165) is 0 Å². The van der Waals surface area contributed by atoms with Gasteiger partial charge in [0.15, 0.2) is 0 Å². The molecule has 2 fully saturated rings. The summed E-state index contributed by atoms with van der Waals surface area (Å²) in [4.78, 5) is 0. The normalized spacial score (nSPS) is 21.2. The third-order valence-corrected chi connectivity index (χ3v) is 4.72. The predicted molar refractivity (Wildman–Crippen MR) is 82.3 cm³/mol. The van der Waals surface area contributed by atoms with Crippen LogP contribution in [0.15, 0.2) is 52.6 Å². The van der Waals surface area contributed by atoms with Gasteiger partial charge in [-0.05, 0) is 73.7 Å². The van der Waals surface area contributed by atoms with E-state index < -0.39 is 0 Å². The van der Waals surface area contributed by atoms with Crippen molar-refractivity contribution in [3.63, 3.8) is 0 Å². The molecule has 20 heavy (non-hydrogen) atoms. The Hall–Kier alpha value is -0.547. The zero-order valence-corrected chi connectivity index (χ0v) is 13.9. The van der Waals surface area contributed by atoms with Gasteiger partial charge in [0.1, 0.15) is 0 Å². The van der Waals surface area contributed by atoms with E-state index in [-0.39, 0.29) is 19.5 Å². The Morgan fingerprint density at radius 3 is 1.15 bits per heavy atom. The maximum atomic E-state index is 2.00. The molecule has 0 nitrogen and oxygen atoms in total. The first kappa shape index (κ1) is 15.8. The van der Waals surface area contributed by atoms with E-state index in [1.807, 2.05) is 52.6 Å². The fourth-order valence-electron chi connectivity index (χ4n) is 3.75. The Labute approximate surface area is 136 Å². The summed E-state index contributed by atoms with van der Waals surface area (Å²) in [5, 5.41) is 0. The van der Waals surface area contributed by atoms with Gasteiger partial charge < -0.3 is 0 Å². The Morgan fingerprint density at radius 2 is 0.900 bits per heavy atom. The van der Waals surface area contributed by atoms with E-state index in [2.05, 4.69) is 0 Å². The summed E-state index contributed by atoms with van der Waals surface area (Å²) in [5.74, 6) is 0. The van der Waals surface area contributed by atoms with Gasteiger partial charge in [0.05, 0.1) is 0 Å². The molecule has 0 spiro atoms. The summed E-state index contributed by atoms with van der Waals surface area (Å²) < 4.78 is 0. The van der Waals surface area contributed by atoms with Crippen molar-refractivity contribution in [3.05, 3.63) is 52.6 Å². The van der Waals surface area contributed by atoms with Crippen molar-refractivity contribution in [2.24, 2.45) is 0 Å². The Bertz CT molecular complexity index is 374. The molecule has 1 radical (unpaired) electrons. The molecule has 1 aromatic rings. The van der Waals surface area contributed by atoms with Crippen LogP contribution in [-0.2, 0) is 19.5 Å². The van der Waals surface area contributed by atoms with Gasteiger partial charge in [-0.25, -0.2) is 12.1 Å². The largest absolute Gasteiger partial charge is 0.214 e. The van der Waals surface area contributed by atoms with Gasteiger partial charge in [-0.2, -0.15) is 18.2 Å². The second kappa shape index (κ2) is 8.03. The number of hydrogen-bond donors (Lipinski definition) is 0. The van der Waals surface area contributed by atoms with Crippen LogP contribution in [0.25, 0.3) is 0 Å². The summed E-state index contributed by atoms with van der Waals surface area (Å²) in [6.45, 7) is 0. The van der Waals surface area contributed by atoms with Gasteiger partial charge >= 0.3 is 0 Å². The summed E-state index contributed by atoms with van der Waals surface area (Å²) in [6, 6.07) is 10.0. The molecule has 1 aromatic carbocycles. The third kappa shape index (κ3) is 3.56. The van der Waals surface area contributed by atoms with Crippen molar-refractivity contribution in [1.29, 1.82) is 0 Å². The van der Waals surface area contributed by atoms with E-state index >= 15 is 0 Å². The Morgan fingerprint density at radius 1 is 0.550 bits per heavy atom. The molecule has 4 rings (SSSR count). The smallest absolute Gasteiger partial charge is 0 e. The van der Waals surface area contributed by atoms with Crippen LogP contribution in [0.4, 0.5) is 0 Å². The fraction of sp³-hybridized carbons (Fsp3) is 0.526. The average Bonchev–Trinajstić information content (AvgIpc) is 2.85. The topological polar surface area (TPSA) is 0 Å². The first-order valence-electron chi connectivity index (χ1n) is 8.08. The van der Waals surface area contributed by atoms with Gasteiger partial charge in [0.25, 0.3) is 0 Å². The molecule has 0 saturated heterocycles. The maximum absolute atomic E-state index is 2.00. The van der Waals surface area contributed by atoms with Crippen molar-refractivity contribution in [2.75, 3.05) is 0 Å². The number of allylic oxidation sites excluding steroid dienone is 4. The molecule has 2 saturated carbocycles. The molecule has 0 amide bonds. The average molecular weight is 356 g/mol. The first-order valence-corrected chi connectivity index (χ1v) is 8.08. The predicted octanol–water partition coefficient (Wildman–Crippen LogP) is 5.92. The van der Waals surface area contributed by atoms with Crippen LogP contribution >= 0.6 is 0 Å². The molecule has 111 valence electrons. The van der Waals surface area contributed by atoms with Crippen LogP contribution in [0.2, 0.25) is 0 Å². The maximum Gasteiger partial charge on any atom is 0 e. The minimum absolute atomic E-state index is 0. The van der Waals surface area contributed by atoms with Gasteiger partial charge in [0.2, 0.25) is 0 Å². The van der Waals surface area contributed by atoms with Crippen LogP contribution in [0.5, 0.6) is 0 Å². The SMILES string of the molecule is C1CCC2=C3CCCCCC3=C2CC1.[Rh].c1cc[cH-]c1. The number of fused-ring (bicyclic) bond motifs is 2. The van der Waals surface area contributed by atoms with Crippen LogP contribution in [0, 0.1) is 0 Å². The van der Waals surface area contributed by atoms with Gasteiger partial charge in [-0.15, -0.1) is 0 Å². The molecule has 3 aliphatic rings. The van der Waals surface area contributed by atoms with E-state index in [9.17, 15) is 0 Å².